The molecule has 3 nitrogen and oxygen atoms in total. The number of hydrogen-bond donors (Lipinski definition) is 0. The molecule has 0 heterocycles. The van der Waals surface area contributed by atoms with Gasteiger partial charge in [0.15, 0.2) is 0 Å². The van der Waals surface area contributed by atoms with Crippen LogP contribution in [0, 0.1) is 5.92 Å². The fourth-order valence-corrected chi connectivity index (χ4v) is 2.46. The minimum Gasteiger partial charge on any atom is -0.270 e. The first kappa shape index (κ1) is 12.7. The molecule has 1 saturated carbocycles. The van der Waals surface area contributed by atoms with E-state index in [2.05, 4.69) is 6.58 Å². The number of allylic oxidation sites excluding steroid dienone is 1. The zero-order valence-electron chi connectivity index (χ0n) is 9.37. The molecule has 0 spiro atoms. The monoisotopic (exact) mass is 232 g/mol. The molecular formula is C11H20O3S. The SMILES string of the molecule is C=C1CCCCC1CCCOS(C)(=O)=O. The lowest BCUT2D eigenvalue weighted by Gasteiger charge is -2.24. The standard InChI is InChI=1S/C11H20O3S/c1-10-6-3-4-7-11(10)8-5-9-14-15(2,12)13/h11H,1,3-9H2,2H3. The van der Waals surface area contributed by atoms with Crippen LogP contribution < -0.4 is 0 Å². The van der Waals surface area contributed by atoms with E-state index in [4.69, 9.17) is 4.18 Å². The van der Waals surface area contributed by atoms with E-state index >= 15 is 0 Å². The highest BCUT2D eigenvalue weighted by molar-refractivity contribution is 7.85. The van der Waals surface area contributed by atoms with Crippen LogP contribution in [0.5, 0.6) is 0 Å². The summed E-state index contributed by atoms with van der Waals surface area (Å²) in [5.74, 6) is 0.585. The number of hydrogen-bond acceptors (Lipinski definition) is 3. The second-order valence-electron chi connectivity index (χ2n) is 4.27. The molecule has 0 aliphatic heterocycles. The van der Waals surface area contributed by atoms with E-state index in [0.29, 0.717) is 12.5 Å². The average molecular weight is 232 g/mol. The van der Waals surface area contributed by atoms with Crippen LogP contribution in [0.15, 0.2) is 12.2 Å². The van der Waals surface area contributed by atoms with Crippen molar-refractivity contribution in [2.24, 2.45) is 5.92 Å². The molecule has 0 N–H and O–H groups in total. The van der Waals surface area contributed by atoms with Gasteiger partial charge in [0.1, 0.15) is 0 Å². The Kier molecular flexibility index (Phi) is 4.80. The van der Waals surface area contributed by atoms with Gasteiger partial charge in [-0.25, -0.2) is 0 Å². The molecule has 1 aliphatic rings. The first-order chi connectivity index (χ1) is 6.99. The summed E-state index contributed by atoms with van der Waals surface area (Å²) in [6.07, 6.45) is 7.78. The van der Waals surface area contributed by atoms with Crippen molar-refractivity contribution in [2.45, 2.75) is 38.5 Å². The fraction of sp³-hybridized carbons (Fsp3) is 0.818. The van der Waals surface area contributed by atoms with Crippen molar-refractivity contribution in [3.8, 4) is 0 Å². The van der Waals surface area contributed by atoms with Gasteiger partial charge in [0.05, 0.1) is 12.9 Å². The molecular weight excluding hydrogens is 212 g/mol. The third-order valence-corrected chi connectivity index (χ3v) is 3.47. The molecule has 0 bridgehead atoms. The van der Waals surface area contributed by atoms with E-state index in [1.807, 2.05) is 0 Å². The summed E-state index contributed by atoms with van der Waals surface area (Å²) in [5.41, 5.74) is 1.33. The molecule has 4 heteroatoms. The van der Waals surface area contributed by atoms with E-state index in [1.165, 1.54) is 24.8 Å². The Balaban J connectivity index is 2.17. The predicted octanol–water partition coefficient (Wildman–Crippen LogP) is 2.49. The van der Waals surface area contributed by atoms with Crippen LogP contribution in [0.4, 0.5) is 0 Å². The quantitative estimate of drug-likeness (QED) is 0.415. The molecule has 0 aromatic heterocycles. The minimum absolute atomic E-state index is 0.308. The first-order valence-corrected chi connectivity index (χ1v) is 7.33. The summed E-state index contributed by atoms with van der Waals surface area (Å²) in [6, 6.07) is 0. The topological polar surface area (TPSA) is 43.4 Å². The van der Waals surface area contributed by atoms with Gasteiger partial charge in [0, 0.05) is 0 Å². The van der Waals surface area contributed by atoms with Gasteiger partial charge in [-0.1, -0.05) is 18.6 Å². The van der Waals surface area contributed by atoms with Gasteiger partial charge in [0.25, 0.3) is 10.1 Å². The van der Waals surface area contributed by atoms with Gasteiger partial charge in [-0.15, -0.1) is 0 Å². The molecule has 0 aromatic rings. The van der Waals surface area contributed by atoms with Crippen LogP contribution in [-0.2, 0) is 14.3 Å². The molecule has 0 aromatic carbocycles. The highest BCUT2D eigenvalue weighted by Crippen LogP contribution is 2.31. The Labute approximate surface area is 92.6 Å². The Bertz CT molecular complexity index is 306. The van der Waals surface area contributed by atoms with Crippen molar-refractivity contribution in [2.75, 3.05) is 12.9 Å². The van der Waals surface area contributed by atoms with E-state index in [0.717, 1.165) is 25.5 Å². The van der Waals surface area contributed by atoms with Gasteiger partial charge in [-0.05, 0) is 38.0 Å². The lowest BCUT2D eigenvalue weighted by molar-refractivity contribution is 0.295. The van der Waals surface area contributed by atoms with Crippen LogP contribution in [0.2, 0.25) is 0 Å². The summed E-state index contributed by atoms with van der Waals surface area (Å²) in [7, 11) is -3.26. The lowest BCUT2D eigenvalue weighted by atomic mass is 9.82. The van der Waals surface area contributed by atoms with E-state index in [9.17, 15) is 8.42 Å². The van der Waals surface area contributed by atoms with Crippen LogP contribution in [-0.4, -0.2) is 21.3 Å². The zero-order valence-corrected chi connectivity index (χ0v) is 10.2. The van der Waals surface area contributed by atoms with E-state index < -0.39 is 10.1 Å². The first-order valence-electron chi connectivity index (χ1n) is 5.51. The Morgan fingerprint density at radius 1 is 1.47 bits per heavy atom. The van der Waals surface area contributed by atoms with Gasteiger partial charge in [0.2, 0.25) is 0 Å². The molecule has 0 radical (unpaired) electrons. The van der Waals surface area contributed by atoms with Gasteiger partial charge in [-0.3, -0.25) is 4.18 Å². The highest BCUT2D eigenvalue weighted by Gasteiger charge is 2.16. The molecule has 1 rings (SSSR count). The van der Waals surface area contributed by atoms with Crippen molar-refractivity contribution in [1.29, 1.82) is 0 Å². The minimum atomic E-state index is -3.26. The van der Waals surface area contributed by atoms with Crippen molar-refractivity contribution in [1.82, 2.24) is 0 Å². The van der Waals surface area contributed by atoms with Crippen LogP contribution in [0.25, 0.3) is 0 Å². The Hall–Kier alpha value is -0.350. The summed E-state index contributed by atoms with van der Waals surface area (Å²) in [4.78, 5) is 0. The van der Waals surface area contributed by atoms with E-state index in [1.54, 1.807) is 0 Å². The Morgan fingerprint density at radius 2 is 2.20 bits per heavy atom. The summed E-state index contributed by atoms with van der Waals surface area (Å²) in [5, 5.41) is 0. The van der Waals surface area contributed by atoms with Crippen molar-refractivity contribution >= 4 is 10.1 Å². The van der Waals surface area contributed by atoms with Crippen LogP contribution in [0.1, 0.15) is 38.5 Å². The van der Waals surface area contributed by atoms with Gasteiger partial charge in [-0.2, -0.15) is 8.42 Å². The maximum atomic E-state index is 10.7. The molecule has 1 atom stereocenters. The van der Waals surface area contributed by atoms with Crippen molar-refractivity contribution in [3.63, 3.8) is 0 Å². The average Bonchev–Trinajstić information content (AvgIpc) is 2.13. The molecule has 0 saturated heterocycles. The molecule has 15 heavy (non-hydrogen) atoms. The van der Waals surface area contributed by atoms with Gasteiger partial charge < -0.3 is 0 Å². The Morgan fingerprint density at radius 3 is 2.80 bits per heavy atom. The second kappa shape index (κ2) is 5.66. The predicted molar refractivity (Wildman–Crippen MR) is 61.1 cm³/mol. The second-order valence-corrected chi connectivity index (χ2v) is 5.91. The largest absolute Gasteiger partial charge is 0.270 e. The third-order valence-electron chi connectivity index (χ3n) is 2.87. The summed E-state index contributed by atoms with van der Waals surface area (Å²) >= 11 is 0. The molecule has 1 unspecified atom stereocenters. The molecule has 1 fully saturated rings. The maximum absolute atomic E-state index is 10.7. The smallest absolute Gasteiger partial charge is 0.264 e. The molecule has 0 amide bonds. The van der Waals surface area contributed by atoms with Crippen LogP contribution >= 0.6 is 0 Å². The third kappa shape index (κ3) is 5.33. The normalized spacial score (nSPS) is 23.0. The maximum Gasteiger partial charge on any atom is 0.264 e. The lowest BCUT2D eigenvalue weighted by Crippen LogP contribution is -2.11. The van der Waals surface area contributed by atoms with Gasteiger partial charge >= 0.3 is 0 Å². The molecule has 1 aliphatic carbocycles. The summed E-state index contributed by atoms with van der Waals surface area (Å²) < 4.78 is 26.1. The summed E-state index contributed by atoms with van der Waals surface area (Å²) in [6.45, 7) is 4.37. The van der Waals surface area contributed by atoms with Crippen LogP contribution in [0.3, 0.4) is 0 Å². The van der Waals surface area contributed by atoms with Crippen molar-refractivity contribution in [3.05, 3.63) is 12.2 Å². The molecule has 88 valence electrons. The zero-order chi connectivity index (χ0) is 11.3. The van der Waals surface area contributed by atoms with E-state index in [-0.39, 0.29) is 0 Å². The van der Waals surface area contributed by atoms with Crippen molar-refractivity contribution < 1.29 is 12.6 Å². The fourth-order valence-electron chi connectivity index (χ4n) is 2.04. The highest BCUT2D eigenvalue weighted by atomic mass is 32.2. The number of rotatable bonds is 5.